The molecule has 0 aromatic carbocycles. The molecular formula is C7H14GeO. The summed E-state index contributed by atoms with van der Waals surface area (Å²) in [6, 6.07) is 0. The Morgan fingerprint density at radius 1 is 1.33 bits per heavy atom. The summed E-state index contributed by atoms with van der Waals surface area (Å²) in [6.07, 6.45) is 0.641. The second-order valence-electron chi connectivity index (χ2n) is 3.03. The van der Waals surface area contributed by atoms with Crippen molar-refractivity contribution in [1.29, 1.82) is 0 Å². The van der Waals surface area contributed by atoms with Crippen LogP contribution in [0.15, 0.2) is 0 Å². The van der Waals surface area contributed by atoms with Gasteiger partial charge in [0.2, 0.25) is 0 Å². The molecule has 0 saturated heterocycles. The van der Waals surface area contributed by atoms with E-state index in [9.17, 15) is 0 Å². The summed E-state index contributed by atoms with van der Waals surface area (Å²) >= 11 is -1.60. The SMILES string of the molecule is [CH3][Ge]([CH3])([CH3])[C]#CCCO. The quantitative estimate of drug-likeness (QED) is 0.483. The third-order valence-electron chi connectivity index (χ3n) is 0.700. The van der Waals surface area contributed by atoms with Gasteiger partial charge in [0.1, 0.15) is 0 Å². The maximum atomic E-state index is 8.38. The molecule has 0 spiro atoms. The van der Waals surface area contributed by atoms with E-state index in [1.54, 1.807) is 0 Å². The zero-order valence-corrected chi connectivity index (χ0v) is 8.46. The first-order chi connectivity index (χ1) is 4.06. The van der Waals surface area contributed by atoms with Crippen LogP contribution >= 0.6 is 0 Å². The molecule has 2 heteroatoms. The van der Waals surface area contributed by atoms with E-state index in [1.165, 1.54) is 0 Å². The standard InChI is InChI=1S/C7H14GeO/c1-8(2,3)6-4-5-7-9/h9H,5,7H2,1-3H3. The van der Waals surface area contributed by atoms with Gasteiger partial charge in [-0.3, -0.25) is 0 Å². The Kier molecular flexibility index (Phi) is 4.00. The van der Waals surface area contributed by atoms with Gasteiger partial charge < -0.3 is 0 Å². The van der Waals surface area contributed by atoms with E-state index in [4.69, 9.17) is 5.11 Å². The molecule has 0 fully saturated rings. The van der Waals surface area contributed by atoms with Crippen molar-refractivity contribution >= 4 is 13.3 Å². The third-order valence-corrected chi connectivity index (χ3v) is 2.64. The molecule has 0 heterocycles. The zero-order valence-electron chi connectivity index (χ0n) is 6.36. The number of rotatable bonds is 1. The second kappa shape index (κ2) is 3.97. The summed E-state index contributed by atoms with van der Waals surface area (Å²) in [7, 11) is 0. The molecule has 52 valence electrons. The monoisotopic (exact) mass is 188 g/mol. The van der Waals surface area contributed by atoms with Crippen molar-refractivity contribution in [2.75, 3.05) is 6.61 Å². The molecule has 0 radical (unpaired) electrons. The molecule has 0 bridgehead atoms. The molecule has 1 N–H and O–H groups in total. The zero-order chi connectivity index (χ0) is 7.33. The number of hydrogen-bond acceptors (Lipinski definition) is 1. The van der Waals surface area contributed by atoms with Gasteiger partial charge in [-0.1, -0.05) is 0 Å². The van der Waals surface area contributed by atoms with Gasteiger partial charge in [-0.15, -0.1) is 0 Å². The summed E-state index contributed by atoms with van der Waals surface area (Å²) in [5.74, 6) is 9.68. The van der Waals surface area contributed by atoms with Crippen LogP contribution in [0, 0.1) is 10.7 Å². The summed E-state index contributed by atoms with van der Waals surface area (Å²) in [5, 5.41) is 8.38. The number of aliphatic hydroxyl groups excluding tert-OH is 1. The Morgan fingerprint density at radius 2 is 1.89 bits per heavy atom. The maximum absolute atomic E-state index is 8.38. The second-order valence-corrected chi connectivity index (χ2v) is 13.0. The fraction of sp³-hybridized carbons (Fsp3) is 0.714. The molecule has 0 aromatic rings. The summed E-state index contributed by atoms with van der Waals surface area (Å²) in [5.41, 5.74) is 0. The Hall–Kier alpha value is 0.0629. The van der Waals surface area contributed by atoms with Gasteiger partial charge in [0, 0.05) is 0 Å². The predicted octanol–water partition coefficient (Wildman–Crippen LogP) is 1.25. The van der Waals surface area contributed by atoms with Gasteiger partial charge >= 0.3 is 59.3 Å². The molecule has 0 atom stereocenters. The van der Waals surface area contributed by atoms with E-state index in [2.05, 4.69) is 27.9 Å². The van der Waals surface area contributed by atoms with Crippen LogP contribution in [-0.4, -0.2) is 25.0 Å². The Morgan fingerprint density at radius 3 is 2.22 bits per heavy atom. The van der Waals surface area contributed by atoms with Crippen molar-refractivity contribution in [3.05, 3.63) is 0 Å². The predicted molar refractivity (Wildman–Crippen MR) is 42.8 cm³/mol. The van der Waals surface area contributed by atoms with E-state index >= 15 is 0 Å². The first-order valence-corrected chi connectivity index (χ1v) is 10.5. The Balaban J connectivity index is 3.59. The van der Waals surface area contributed by atoms with Gasteiger partial charge in [0.15, 0.2) is 0 Å². The topological polar surface area (TPSA) is 20.2 Å². The van der Waals surface area contributed by atoms with E-state index < -0.39 is 13.3 Å². The Labute approximate surface area is 59.8 Å². The van der Waals surface area contributed by atoms with Gasteiger partial charge in [0.05, 0.1) is 0 Å². The summed E-state index contributed by atoms with van der Waals surface area (Å²) < 4.78 is 3.20. The average Bonchev–Trinajstić information content (AvgIpc) is 1.63. The van der Waals surface area contributed by atoms with Crippen molar-refractivity contribution in [3.8, 4) is 10.7 Å². The van der Waals surface area contributed by atoms with Crippen molar-refractivity contribution in [2.24, 2.45) is 0 Å². The molecule has 0 aliphatic rings. The molecule has 0 amide bonds. The van der Waals surface area contributed by atoms with Crippen molar-refractivity contribution in [2.45, 2.75) is 23.7 Å². The van der Waals surface area contributed by atoms with Crippen molar-refractivity contribution in [1.82, 2.24) is 0 Å². The molecule has 9 heavy (non-hydrogen) atoms. The average molecular weight is 187 g/mol. The van der Waals surface area contributed by atoms with Crippen LogP contribution in [0.3, 0.4) is 0 Å². The first kappa shape index (κ1) is 9.06. The fourth-order valence-electron chi connectivity index (χ4n) is 0.384. The molecule has 0 rings (SSSR count). The van der Waals surface area contributed by atoms with Crippen molar-refractivity contribution in [3.63, 3.8) is 0 Å². The van der Waals surface area contributed by atoms with Gasteiger partial charge in [-0.25, -0.2) is 0 Å². The minimum absolute atomic E-state index is 0.200. The van der Waals surface area contributed by atoms with Crippen LogP contribution in [0.25, 0.3) is 0 Å². The molecule has 0 unspecified atom stereocenters. The molecule has 1 nitrogen and oxygen atoms in total. The summed E-state index contributed by atoms with van der Waals surface area (Å²) in [4.78, 5) is 0. The van der Waals surface area contributed by atoms with Crippen LogP contribution in [0.4, 0.5) is 0 Å². The van der Waals surface area contributed by atoms with E-state index in [0.717, 1.165) is 0 Å². The normalized spacial score (nSPS) is 10.2. The fourth-order valence-corrected chi connectivity index (χ4v) is 1.76. The van der Waals surface area contributed by atoms with E-state index in [-0.39, 0.29) is 6.61 Å². The molecular weight excluding hydrogens is 173 g/mol. The van der Waals surface area contributed by atoms with Crippen LogP contribution in [0.2, 0.25) is 17.3 Å². The number of aliphatic hydroxyl groups is 1. The molecule has 0 aliphatic heterocycles. The Bertz CT molecular complexity index is 124. The van der Waals surface area contributed by atoms with Crippen LogP contribution in [0.1, 0.15) is 6.42 Å². The number of hydrogen-bond donors (Lipinski definition) is 1. The van der Waals surface area contributed by atoms with Crippen LogP contribution < -0.4 is 0 Å². The van der Waals surface area contributed by atoms with E-state index in [0.29, 0.717) is 6.42 Å². The molecule has 0 aliphatic carbocycles. The molecule has 0 saturated carbocycles. The van der Waals surface area contributed by atoms with Crippen molar-refractivity contribution < 1.29 is 5.11 Å². The van der Waals surface area contributed by atoms with Gasteiger partial charge in [-0.05, 0) is 0 Å². The summed E-state index contributed by atoms with van der Waals surface area (Å²) in [6.45, 7) is 0.200. The van der Waals surface area contributed by atoms with Gasteiger partial charge in [-0.2, -0.15) is 0 Å². The van der Waals surface area contributed by atoms with Gasteiger partial charge in [0.25, 0.3) is 0 Å². The van der Waals surface area contributed by atoms with Crippen LogP contribution in [-0.2, 0) is 0 Å². The third kappa shape index (κ3) is 8.06. The van der Waals surface area contributed by atoms with Crippen LogP contribution in [0.5, 0.6) is 0 Å². The first-order valence-electron chi connectivity index (χ1n) is 3.17. The minimum atomic E-state index is -1.60. The molecule has 0 aromatic heterocycles. The van der Waals surface area contributed by atoms with E-state index in [1.807, 2.05) is 0 Å².